The highest BCUT2D eigenvalue weighted by Crippen LogP contribution is 2.10. The summed E-state index contributed by atoms with van der Waals surface area (Å²) in [7, 11) is 0. The molecule has 1 unspecified atom stereocenters. The van der Waals surface area contributed by atoms with E-state index in [9.17, 15) is 9.90 Å². The van der Waals surface area contributed by atoms with Gasteiger partial charge in [-0.1, -0.05) is 43.7 Å². The molecular formula is C14H21NO2. The lowest BCUT2D eigenvalue weighted by Crippen LogP contribution is -2.41. The molecule has 0 spiro atoms. The van der Waals surface area contributed by atoms with Crippen LogP contribution >= 0.6 is 0 Å². The maximum Gasteiger partial charge on any atom is 0.224 e. The Bertz CT molecular complexity index is 346. The van der Waals surface area contributed by atoms with Gasteiger partial charge in [-0.05, 0) is 18.9 Å². The van der Waals surface area contributed by atoms with Gasteiger partial charge >= 0.3 is 0 Å². The standard InChI is InChI=1S/C14H21NO2/c1-3-9-14(2,17)11-15-13(16)10-12-7-5-4-6-8-12/h4-8,17H,3,9-11H2,1-2H3,(H,15,16). The van der Waals surface area contributed by atoms with E-state index in [1.165, 1.54) is 0 Å². The molecule has 0 heterocycles. The second-order valence-electron chi connectivity index (χ2n) is 4.69. The number of hydrogen-bond donors (Lipinski definition) is 2. The van der Waals surface area contributed by atoms with Crippen LogP contribution in [0.15, 0.2) is 30.3 Å². The van der Waals surface area contributed by atoms with E-state index in [-0.39, 0.29) is 5.91 Å². The molecule has 2 N–H and O–H groups in total. The molecule has 0 aliphatic carbocycles. The molecular weight excluding hydrogens is 214 g/mol. The van der Waals surface area contributed by atoms with Crippen molar-refractivity contribution in [1.82, 2.24) is 5.32 Å². The van der Waals surface area contributed by atoms with E-state index < -0.39 is 5.60 Å². The molecule has 1 amide bonds. The number of rotatable bonds is 6. The Labute approximate surface area is 103 Å². The minimum atomic E-state index is -0.804. The van der Waals surface area contributed by atoms with Crippen LogP contribution in [0.5, 0.6) is 0 Å². The van der Waals surface area contributed by atoms with Crippen LogP contribution < -0.4 is 5.32 Å². The van der Waals surface area contributed by atoms with E-state index in [0.717, 1.165) is 12.0 Å². The Morgan fingerprint density at radius 1 is 1.35 bits per heavy atom. The average Bonchev–Trinajstić information content (AvgIpc) is 2.28. The van der Waals surface area contributed by atoms with Gasteiger partial charge < -0.3 is 10.4 Å². The van der Waals surface area contributed by atoms with Gasteiger partial charge in [0, 0.05) is 6.54 Å². The molecule has 17 heavy (non-hydrogen) atoms. The Kier molecular flexibility index (Phi) is 5.16. The highest BCUT2D eigenvalue weighted by atomic mass is 16.3. The van der Waals surface area contributed by atoms with Crippen LogP contribution in [0.3, 0.4) is 0 Å². The highest BCUT2D eigenvalue weighted by molar-refractivity contribution is 5.78. The molecule has 0 fully saturated rings. The van der Waals surface area contributed by atoms with Crippen molar-refractivity contribution >= 4 is 5.91 Å². The second-order valence-corrected chi connectivity index (χ2v) is 4.69. The first kappa shape index (κ1) is 13.7. The molecule has 0 radical (unpaired) electrons. The maximum atomic E-state index is 11.6. The van der Waals surface area contributed by atoms with E-state index in [0.29, 0.717) is 19.4 Å². The third kappa shape index (κ3) is 5.50. The number of carbonyl (C=O) groups is 1. The summed E-state index contributed by atoms with van der Waals surface area (Å²) in [6, 6.07) is 9.59. The van der Waals surface area contributed by atoms with Gasteiger partial charge in [0.15, 0.2) is 0 Å². The first-order valence-corrected chi connectivity index (χ1v) is 6.06. The first-order valence-electron chi connectivity index (χ1n) is 6.06. The smallest absolute Gasteiger partial charge is 0.224 e. The zero-order valence-corrected chi connectivity index (χ0v) is 10.6. The lowest BCUT2D eigenvalue weighted by atomic mass is 10.0. The molecule has 0 saturated carbocycles. The van der Waals surface area contributed by atoms with Gasteiger partial charge in [-0.3, -0.25) is 4.79 Å². The average molecular weight is 235 g/mol. The predicted molar refractivity (Wildman–Crippen MR) is 68.7 cm³/mol. The van der Waals surface area contributed by atoms with E-state index in [2.05, 4.69) is 5.32 Å². The molecule has 0 aromatic heterocycles. The molecule has 1 aromatic rings. The minimum absolute atomic E-state index is 0.0485. The van der Waals surface area contributed by atoms with E-state index >= 15 is 0 Å². The minimum Gasteiger partial charge on any atom is -0.388 e. The predicted octanol–water partition coefficient (Wildman–Crippen LogP) is 1.90. The van der Waals surface area contributed by atoms with Crippen LogP contribution in [0, 0.1) is 0 Å². The van der Waals surface area contributed by atoms with Crippen molar-refractivity contribution in [3.63, 3.8) is 0 Å². The van der Waals surface area contributed by atoms with Crippen molar-refractivity contribution in [2.75, 3.05) is 6.54 Å². The Hall–Kier alpha value is -1.35. The number of aliphatic hydroxyl groups is 1. The van der Waals surface area contributed by atoms with Gasteiger partial charge in [0.25, 0.3) is 0 Å². The molecule has 3 heteroatoms. The lowest BCUT2D eigenvalue weighted by molar-refractivity contribution is -0.121. The van der Waals surface area contributed by atoms with Crippen molar-refractivity contribution in [2.24, 2.45) is 0 Å². The van der Waals surface area contributed by atoms with Gasteiger partial charge in [0.1, 0.15) is 0 Å². The highest BCUT2D eigenvalue weighted by Gasteiger charge is 2.19. The Balaban J connectivity index is 2.36. The van der Waals surface area contributed by atoms with Gasteiger partial charge in [0.2, 0.25) is 5.91 Å². The SMILES string of the molecule is CCCC(C)(O)CNC(=O)Cc1ccccc1. The first-order chi connectivity index (χ1) is 8.03. The van der Waals surface area contributed by atoms with Gasteiger partial charge in [-0.15, -0.1) is 0 Å². The van der Waals surface area contributed by atoms with Crippen LogP contribution in [0.25, 0.3) is 0 Å². The van der Waals surface area contributed by atoms with Gasteiger partial charge in [0.05, 0.1) is 12.0 Å². The van der Waals surface area contributed by atoms with Crippen LogP contribution in [-0.2, 0) is 11.2 Å². The summed E-state index contributed by atoms with van der Waals surface area (Å²) in [4.78, 5) is 11.6. The summed E-state index contributed by atoms with van der Waals surface area (Å²) in [6.45, 7) is 4.08. The topological polar surface area (TPSA) is 49.3 Å². The number of benzene rings is 1. The van der Waals surface area contributed by atoms with Crippen molar-refractivity contribution in [3.05, 3.63) is 35.9 Å². The normalized spacial score (nSPS) is 14.1. The van der Waals surface area contributed by atoms with Crippen LogP contribution in [0.4, 0.5) is 0 Å². The summed E-state index contributed by atoms with van der Waals surface area (Å²) in [6.07, 6.45) is 1.96. The fourth-order valence-electron chi connectivity index (χ4n) is 1.76. The fourth-order valence-corrected chi connectivity index (χ4v) is 1.76. The van der Waals surface area contributed by atoms with E-state index in [1.54, 1.807) is 6.92 Å². The fraction of sp³-hybridized carbons (Fsp3) is 0.500. The number of hydrogen-bond acceptors (Lipinski definition) is 2. The summed E-state index contributed by atoms with van der Waals surface area (Å²) >= 11 is 0. The van der Waals surface area contributed by atoms with Crippen LogP contribution in [0.1, 0.15) is 32.3 Å². The van der Waals surface area contributed by atoms with Crippen molar-refractivity contribution in [2.45, 2.75) is 38.7 Å². The number of amides is 1. The largest absolute Gasteiger partial charge is 0.388 e. The number of carbonyl (C=O) groups excluding carboxylic acids is 1. The monoisotopic (exact) mass is 235 g/mol. The summed E-state index contributed by atoms with van der Waals surface area (Å²) in [5.41, 5.74) is 0.182. The Morgan fingerprint density at radius 3 is 2.59 bits per heavy atom. The molecule has 94 valence electrons. The van der Waals surface area contributed by atoms with Crippen molar-refractivity contribution in [3.8, 4) is 0 Å². The quantitative estimate of drug-likeness (QED) is 0.791. The Morgan fingerprint density at radius 2 is 2.00 bits per heavy atom. The van der Waals surface area contributed by atoms with Gasteiger partial charge in [-0.2, -0.15) is 0 Å². The van der Waals surface area contributed by atoms with Crippen LogP contribution in [0.2, 0.25) is 0 Å². The molecule has 0 bridgehead atoms. The third-order valence-corrected chi connectivity index (χ3v) is 2.66. The second kappa shape index (κ2) is 6.40. The molecule has 1 atom stereocenters. The third-order valence-electron chi connectivity index (χ3n) is 2.66. The summed E-state index contributed by atoms with van der Waals surface area (Å²) in [5.74, 6) is -0.0485. The molecule has 0 saturated heterocycles. The van der Waals surface area contributed by atoms with Gasteiger partial charge in [-0.25, -0.2) is 0 Å². The lowest BCUT2D eigenvalue weighted by Gasteiger charge is -2.22. The molecule has 1 rings (SSSR count). The van der Waals surface area contributed by atoms with E-state index in [1.807, 2.05) is 37.3 Å². The van der Waals surface area contributed by atoms with Crippen molar-refractivity contribution < 1.29 is 9.90 Å². The zero-order chi connectivity index (χ0) is 12.7. The van der Waals surface area contributed by atoms with Crippen LogP contribution in [-0.4, -0.2) is 23.2 Å². The van der Waals surface area contributed by atoms with E-state index in [4.69, 9.17) is 0 Å². The molecule has 0 aliphatic rings. The zero-order valence-electron chi connectivity index (χ0n) is 10.6. The van der Waals surface area contributed by atoms with Crippen molar-refractivity contribution in [1.29, 1.82) is 0 Å². The summed E-state index contributed by atoms with van der Waals surface area (Å²) < 4.78 is 0. The molecule has 0 aliphatic heterocycles. The number of nitrogens with one attached hydrogen (secondary N) is 1. The molecule has 1 aromatic carbocycles. The summed E-state index contributed by atoms with van der Waals surface area (Å²) in [5, 5.41) is 12.7. The maximum absolute atomic E-state index is 11.6. The molecule has 3 nitrogen and oxygen atoms in total.